The summed E-state index contributed by atoms with van der Waals surface area (Å²) in [7, 11) is -0.334. The number of carbonyl (C=O) groups excluding carboxylic acids is 1. The van der Waals surface area contributed by atoms with Crippen molar-refractivity contribution in [3.63, 3.8) is 0 Å². The number of unbranched alkanes of at least 4 members (excludes halogenated alkanes) is 4. The molecule has 1 rings (SSSR count). The number of hydrogen-bond acceptors (Lipinski definition) is 5. The molecule has 35 heavy (non-hydrogen) atoms. The molecule has 0 radical (unpaired) electrons. The van der Waals surface area contributed by atoms with E-state index >= 15 is 0 Å². The number of esters is 1. The van der Waals surface area contributed by atoms with E-state index in [2.05, 4.69) is 38.6 Å². The second-order valence-corrected chi connectivity index (χ2v) is 16.3. The summed E-state index contributed by atoms with van der Waals surface area (Å²) >= 11 is 0. The molecule has 1 saturated carbocycles. The van der Waals surface area contributed by atoms with Crippen LogP contribution in [0.25, 0.3) is 0 Å². The molecule has 1 aliphatic rings. The molecule has 1 fully saturated rings. The van der Waals surface area contributed by atoms with Crippen LogP contribution in [0, 0.1) is 11.8 Å². The molecule has 0 aromatic heterocycles. The van der Waals surface area contributed by atoms with Crippen molar-refractivity contribution >= 4 is 20.3 Å². The van der Waals surface area contributed by atoms with E-state index in [-0.39, 0.29) is 23.3 Å². The van der Waals surface area contributed by atoms with Gasteiger partial charge < -0.3 is 19.4 Å². The Hall–Kier alpha value is -1.44. The highest BCUT2D eigenvalue weighted by Crippen LogP contribution is 2.41. The number of carboxylic acids is 1. The number of hydrogen-bond donors (Lipinski definition) is 2. The summed E-state index contributed by atoms with van der Waals surface area (Å²) in [6, 6.07) is 0. The normalized spacial score (nSPS) is 18.3. The van der Waals surface area contributed by atoms with Gasteiger partial charge in [0, 0.05) is 12.5 Å². The second kappa shape index (κ2) is 15.0. The highest BCUT2D eigenvalue weighted by atomic mass is 28.4. The van der Waals surface area contributed by atoms with Crippen LogP contribution in [-0.4, -0.2) is 49.8 Å². The molecular formula is C28H50O6Si. The Bertz CT molecular complexity index is 703. The number of aliphatic hydroxyl groups is 1. The Balaban J connectivity index is 2.60. The fraction of sp³-hybridized carbons (Fsp3) is 0.786. The van der Waals surface area contributed by atoms with Crippen molar-refractivity contribution in [1.82, 2.24) is 0 Å². The van der Waals surface area contributed by atoms with E-state index in [1.165, 1.54) is 7.11 Å². The van der Waals surface area contributed by atoms with Gasteiger partial charge in [-0.1, -0.05) is 70.8 Å². The van der Waals surface area contributed by atoms with E-state index in [1.54, 1.807) is 12.2 Å². The van der Waals surface area contributed by atoms with Crippen LogP contribution in [0.5, 0.6) is 0 Å². The predicted octanol–water partition coefficient (Wildman–Crippen LogP) is 6.65. The van der Waals surface area contributed by atoms with Gasteiger partial charge >= 0.3 is 11.9 Å². The number of methoxy groups -OCH3 is 1. The molecule has 0 unspecified atom stereocenters. The molecule has 0 saturated heterocycles. The maximum Gasteiger partial charge on any atom is 0.336 e. The Morgan fingerprint density at radius 1 is 1.03 bits per heavy atom. The number of ether oxygens (including phenoxy) is 1. The first-order chi connectivity index (χ1) is 16.4. The second-order valence-electron chi connectivity index (χ2n) is 11.4. The minimum atomic E-state index is -1.79. The molecule has 0 spiro atoms. The topological polar surface area (TPSA) is 93.1 Å². The van der Waals surface area contributed by atoms with Crippen LogP contribution in [-0.2, 0) is 18.8 Å². The van der Waals surface area contributed by atoms with Crippen molar-refractivity contribution in [1.29, 1.82) is 0 Å². The largest absolute Gasteiger partial charge is 0.479 e. The first-order valence-corrected chi connectivity index (χ1v) is 16.2. The molecule has 2 N–H and O–H groups in total. The quantitative estimate of drug-likeness (QED) is 0.105. The highest BCUT2D eigenvalue weighted by Gasteiger charge is 2.49. The average molecular weight is 511 g/mol. The van der Waals surface area contributed by atoms with Gasteiger partial charge in [0.2, 0.25) is 0 Å². The van der Waals surface area contributed by atoms with Gasteiger partial charge in [-0.15, -0.1) is 0 Å². The molecule has 0 aromatic carbocycles. The van der Waals surface area contributed by atoms with Crippen LogP contribution < -0.4 is 0 Å². The molecule has 6 nitrogen and oxygen atoms in total. The summed E-state index contributed by atoms with van der Waals surface area (Å²) in [6.45, 7) is 12.1. The molecule has 0 bridgehead atoms. The van der Waals surface area contributed by atoms with E-state index in [9.17, 15) is 19.8 Å². The number of carbonyl (C=O) groups is 2. The molecular weight excluding hydrogens is 460 g/mol. The van der Waals surface area contributed by atoms with Crippen molar-refractivity contribution in [2.24, 2.45) is 11.8 Å². The van der Waals surface area contributed by atoms with Crippen molar-refractivity contribution in [2.45, 2.75) is 115 Å². The summed E-state index contributed by atoms with van der Waals surface area (Å²) in [4.78, 5) is 23.6. The Morgan fingerprint density at radius 3 is 2.23 bits per heavy atom. The lowest BCUT2D eigenvalue weighted by Crippen LogP contribution is -2.50. The van der Waals surface area contributed by atoms with Crippen molar-refractivity contribution < 1.29 is 29.0 Å². The fourth-order valence-corrected chi connectivity index (χ4v) is 5.52. The Morgan fingerprint density at radius 2 is 1.66 bits per heavy atom. The van der Waals surface area contributed by atoms with E-state index in [4.69, 9.17) is 4.43 Å². The van der Waals surface area contributed by atoms with Crippen LogP contribution in [0.15, 0.2) is 24.3 Å². The van der Waals surface area contributed by atoms with Gasteiger partial charge in [0.25, 0.3) is 0 Å². The summed E-state index contributed by atoms with van der Waals surface area (Å²) in [6.07, 6.45) is 16.4. The van der Waals surface area contributed by atoms with Gasteiger partial charge in [-0.25, -0.2) is 4.79 Å². The third-order valence-electron chi connectivity index (χ3n) is 7.86. The van der Waals surface area contributed by atoms with E-state index in [0.717, 1.165) is 64.4 Å². The minimum absolute atomic E-state index is 0.140. The smallest absolute Gasteiger partial charge is 0.336 e. The monoisotopic (exact) mass is 510 g/mol. The number of carboxylic acid groups (broad SMARTS) is 1. The SMILES string of the molecule is COC(=O)CC=CC[C@@H](C=CCCCCCCO[Si](C)(C)C(C)(C)C)[C@@](O)(C(=O)O)C1CCCC1. The van der Waals surface area contributed by atoms with Gasteiger partial charge in [0.1, 0.15) is 0 Å². The van der Waals surface area contributed by atoms with E-state index < -0.39 is 25.8 Å². The summed E-state index contributed by atoms with van der Waals surface area (Å²) in [5.41, 5.74) is -1.79. The standard InChI is InChI=1S/C28H50O6Si/c1-27(2,3)35(5,6)34-22-16-10-8-7-9-11-17-23(20-14-15-21-25(29)33-4)28(32,26(30)31)24-18-12-13-19-24/h11,14-15,17,23-24,32H,7-10,12-13,16,18-22H2,1-6H3,(H,30,31)/t23-,28+/m1/s1. The van der Waals surface area contributed by atoms with Crippen LogP contribution in [0.1, 0.15) is 91.4 Å². The molecule has 0 aromatic rings. The zero-order chi connectivity index (χ0) is 26.5. The Kier molecular flexibility index (Phi) is 13.5. The van der Waals surface area contributed by atoms with Crippen molar-refractivity contribution in [3.05, 3.63) is 24.3 Å². The van der Waals surface area contributed by atoms with Gasteiger partial charge in [-0.3, -0.25) is 4.79 Å². The van der Waals surface area contributed by atoms with Gasteiger partial charge in [-0.05, 0) is 62.6 Å². The van der Waals surface area contributed by atoms with Gasteiger partial charge in [0.05, 0.1) is 13.5 Å². The predicted molar refractivity (Wildman–Crippen MR) is 144 cm³/mol. The number of rotatable bonds is 16. The van der Waals surface area contributed by atoms with Crippen molar-refractivity contribution in [3.8, 4) is 0 Å². The lowest BCUT2D eigenvalue weighted by atomic mass is 9.74. The van der Waals surface area contributed by atoms with Crippen LogP contribution in [0.3, 0.4) is 0 Å². The summed E-state index contributed by atoms with van der Waals surface area (Å²) < 4.78 is 10.9. The van der Waals surface area contributed by atoms with E-state index in [0.29, 0.717) is 6.42 Å². The number of allylic oxidation sites excluding steroid dienone is 2. The maximum atomic E-state index is 12.2. The first-order valence-electron chi connectivity index (χ1n) is 13.3. The average Bonchev–Trinajstić information content (AvgIpc) is 3.33. The lowest BCUT2D eigenvalue weighted by Gasteiger charge is -2.36. The number of aliphatic carboxylic acids is 1. The van der Waals surface area contributed by atoms with Gasteiger partial charge in [-0.2, -0.15) is 0 Å². The highest BCUT2D eigenvalue weighted by molar-refractivity contribution is 6.74. The van der Waals surface area contributed by atoms with E-state index in [1.807, 2.05) is 12.2 Å². The summed E-state index contributed by atoms with van der Waals surface area (Å²) in [5.74, 6) is -2.27. The molecule has 1 aliphatic carbocycles. The minimum Gasteiger partial charge on any atom is -0.479 e. The van der Waals surface area contributed by atoms with Crippen LogP contribution in [0.4, 0.5) is 0 Å². The molecule has 2 atom stereocenters. The summed E-state index contributed by atoms with van der Waals surface area (Å²) in [5, 5.41) is 21.6. The third-order valence-corrected chi connectivity index (χ3v) is 12.4. The molecule has 0 aliphatic heterocycles. The molecule has 7 heteroatoms. The van der Waals surface area contributed by atoms with Crippen molar-refractivity contribution in [2.75, 3.05) is 13.7 Å². The van der Waals surface area contributed by atoms with Gasteiger partial charge in [0.15, 0.2) is 13.9 Å². The lowest BCUT2D eigenvalue weighted by molar-refractivity contribution is -0.170. The maximum absolute atomic E-state index is 12.2. The van der Waals surface area contributed by atoms with Crippen LogP contribution in [0.2, 0.25) is 18.1 Å². The molecule has 0 amide bonds. The third kappa shape index (κ3) is 10.2. The zero-order valence-electron chi connectivity index (χ0n) is 23.0. The first kappa shape index (κ1) is 31.6. The zero-order valence-corrected chi connectivity index (χ0v) is 24.0. The molecule has 202 valence electrons. The fourth-order valence-electron chi connectivity index (χ4n) is 4.43. The molecule has 0 heterocycles. The Labute approximate surface area is 214 Å². The van der Waals surface area contributed by atoms with Crippen LogP contribution >= 0.6 is 0 Å².